The van der Waals surface area contributed by atoms with Crippen LogP contribution in [0.25, 0.3) is 0 Å². The molecule has 1 aromatic rings. The number of rotatable bonds is 3. The monoisotopic (exact) mass is 296 g/mol. The Kier molecular flexibility index (Phi) is 4.07. The van der Waals surface area contributed by atoms with Crippen LogP contribution in [0.3, 0.4) is 0 Å². The zero-order valence-corrected chi connectivity index (χ0v) is 12.9. The SMILES string of the molecule is CC(C)(C)c1cc(C(=O)NCC2(O)CCC2)cc(Cl)n1. The topological polar surface area (TPSA) is 62.2 Å². The van der Waals surface area contributed by atoms with Crippen LogP contribution in [0, 0.1) is 0 Å². The summed E-state index contributed by atoms with van der Waals surface area (Å²) in [6.45, 7) is 6.34. The molecular weight excluding hydrogens is 276 g/mol. The van der Waals surface area contributed by atoms with E-state index in [0.29, 0.717) is 10.7 Å². The Morgan fingerprint density at radius 1 is 1.45 bits per heavy atom. The van der Waals surface area contributed by atoms with Gasteiger partial charge in [-0.2, -0.15) is 0 Å². The maximum Gasteiger partial charge on any atom is 0.251 e. The molecule has 1 saturated carbocycles. The van der Waals surface area contributed by atoms with Gasteiger partial charge in [0.1, 0.15) is 5.15 Å². The van der Waals surface area contributed by atoms with Crippen molar-refractivity contribution >= 4 is 17.5 Å². The fourth-order valence-corrected chi connectivity index (χ4v) is 2.33. The first kappa shape index (κ1) is 15.3. The molecule has 0 unspecified atom stereocenters. The molecule has 2 N–H and O–H groups in total. The lowest BCUT2D eigenvalue weighted by atomic mass is 9.80. The number of hydrogen-bond donors (Lipinski definition) is 2. The molecule has 1 aliphatic carbocycles. The predicted molar refractivity (Wildman–Crippen MR) is 79.1 cm³/mol. The molecule has 1 heterocycles. The Balaban J connectivity index is 2.11. The van der Waals surface area contributed by atoms with E-state index >= 15 is 0 Å². The lowest BCUT2D eigenvalue weighted by Crippen LogP contribution is -2.47. The van der Waals surface area contributed by atoms with Crippen molar-refractivity contribution in [2.24, 2.45) is 0 Å². The minimum absolute atomic E-state index is 0.175. The van der Waals surface area contributed by atoms with Gasteiger partial charge in [0.05, 0.1) is 5.60 Å². The third-order valence-corrected chi connectivity index (χ3v) is 3.88. The van der Waals surface area contributed by atoms with E-state index in [4.69, 9.17) is 11.6 Å². The molecule has 0 saturated heterocycles. The number of carbonyl (C=O) groups is 1. The van der Waals surface area contributed by atoms with Crippen LogP contribution >= 0.6 is 11.6 Å². The first-order valence-corrected chi connectivity index (χ1v) is 7.26. The molecule has 4 nitrogen and oxygen atoms in total. The summed E-state index contributed by atoms with van der Waals surface area (Å²) in [6.07, 6.45) is 2.51. The third kappa shape index (κ3) is 3.49. The second-order valence-electron chi connectivity index (χ2n) is 6.57. The molecule has 1 fully saturated rings. The number of aromatic nitrogens is 1. The Bertz CT molecular complexity index is 519. The van der Waals surface area contributed by atoms with Gasteiger partial charge in [0.2, 0.25) is 0 Å². The van der Waals surface area contributed by atoms with Crippen molar-refractivity contribution in [1.82, 2.24) is 10.3 Å². The molecular formula is C15H21ClN2O2. The summed E-state index contributed by atoms with van der Waals surface area (Å²) in [5, 5.41) is 13.1. The third-order valence-electron chi connectivity index (χ3n) is 3.69. The van der Waals surface area contributed by atoms with Gasteiger partial charge in [-0.3, -0.25) is 4.79 Å². The fraction of sp³-hybridized carbons (Fsp3) is 0.600. The highest BCUT2D eigenvalue weighted by Gasteiger charge is 2.34. The van der Waals surface area contributed by atoms with Gasteiger partial charge in [-0.15, -0.1) is 0 Å². The Labute approximate surface area is 124 Å². The van der Waals surface area contributed by atoms with Crippen molar-refractivity contribution in [1.29, 1.82) is 0 Å². The highest BCUT2D eigenvalue weighted by molar-refractivity contribution is 6.29. The summed E-state index contributed by atoms with van der Waals surface area (Å²) < 4.78 is 0. The molecule has 1 aromatic heterocycles. The molecule has 20 heavy (non-hydrogen) atoms. The molecule has 0 bridgehead atoms. The van der Waals surface area contributed by atoms with E-state index < -0.39 is 5.60 Å². The van der Waals surface area contributed by atoms with Crippen molar-refractivity contribution in [2.45, 2.75) is 51.0 Å². The number of carbonyl (C=O) groups excluding carboxylic acids is 1. The highest BCUT2D eigenvalue weighted by Crippen LogP contribution is 2.30. The van der Waals surface area contributed by atoms with Crippen LogP contribution in [0.4, 0.5) is 0 Å². The zero-order valence-electron chi connectivity index (χ0n) is 12.2. The minimum Gasteiger partial charge on any atom is -0.388 e. The number of aliphatic hydroxyl groups is 1. The van der Waals surface area contributed by atoms with Crippen LogP contribution in [0.5, 0.6) is 0 Å². The summed E-state index contributed by atoms with van der Waals surface area (Å²) in [6, 6.07) is 3.31. The standard InChI is InChI=1S/C15H21ClN2O2/c1-14(2,3)11-7-10(8-12(16)18-11)13(19)17-9-15(20)5-4-6-15/h7-8,20H,4-6,9H2,1-3H3,(H,17,19). The number of halogens is 1. The van der Waals surface area contributed by atoms with E-state index in [0.717, 1.165) is 25.0 Å². The smallest absolute Gasteiger partial charge is 0.251 e. The molecule has 110 valence electrons. The fourth-order valence-electron chi connectivity index (χ4n) is 2.12. The molecule has 0 spiro atoms. The Hall–Kier alpha value is -1.13. The van der Waals surface area contributed by atoms with Gasteiger partial charge in [-0.1, -0.05) is 32.4 Å². The quantitative estimate of drug-likeness (QED) is 0.843. The second kappa shape index (κ2) is 5.34. The van der Waals surface area contributed by atoms with Crippen LogP contribution in [0.15, 0.2) is 12.1 Å². The van der Waals surface area contributed by atoms with Crippen molar-refractivity contribution < 1.29 is 9.90 Å². The first-order chi connectivity index (χ1) is 9.20. The number of hydrogen-bond acceptors (Lipinski definition) is 3. The number of nitrogens with zero attached hydrogens (tertiary/aromatic N) is 1. The van der Waals surface area contributed by atoms with Crippen LogP contribution in [0.2, 0.25) is 5.15 Å². The van der Waals surface area contributed by atoms with E-state index in [2.05, 4.69) is 10.3 Å². The maximum atomic E-state index is 12.2. The Morgan fingerprint density at radius 2 is 2.10 bits per heavy atom. The van der Waals surface area contributed by atoms with Gasteiger partial charge in [-0.25, -0.2) is 4.98 Å². The molecule has 0 aliphatic heterocycles. The van der Waals surface area contributed by atoms with Gasteiger partial charge in [-0.05, 0) is 31.4 Å². The van der Waals surface area contributed by atoms with E-state index in [9.17, 15) is 9.90 Å². The van der Waals surface area contributed by atoms with Gasteiger partial charge in [0.15, 0.2) is 0 Å². The predicted octanol–water partition coefficient (Wildman–Crippen LogP) is 2.68. The van der Waals surface area contributed by atoms with Crippen molar-refractivity contribution in [2.75, 3.05) is 6.54 Å². The van der Waals surface area contributed by atoms with E-state index in [1.54, 1.807) is 12.1 Å². The van der Waals surface area contributed by atoms with E-state index in [1.165, 1.54) is 0 Å². The lowest BCUT2D eigenvalue weighted by molar-refractivity contribution is -0.0300. The van der Waals surface area contributed by atoms with Crippen LogP contribution < -0.4 is 5.32 Å². The van der Waals surface area contributed by atoms with Gasteiger partial charge in [0, 0.05) is 23.2 Å². The largest absolute Gasteiger partial charge is 0.388 e. The Morgan fingerprint density at radius 3 is 2.60 bits per heavy atom. The van der Waals surface area contributed by atoms with Crippen LogP contribution in [0.1, 0.15) is 56.1 Å². The normalized spacial score (nSPS) is 17.4. The first-order valence-electron chi connectivity index (χ1n) is 6.88. The summed E-state index contributed by atoms with van der Waals surface area (Å²) in [5.41, 5.74) is 0.362. The summed E-state index contributed by atoms with van der Waals surface area (Å²) >= 11 is 5.99. The molecule has 1 aliphatic rings. The minimum atomic E-state index is -0.723. The number of amides is 1. The average Bonchev–Trinajstić information content (AvgIpc) is 2.31. The van der Waals surface area contributed by atoms with Crippen molar-refractivity contribution in [3.63, 3.8) is 0 Å². The van der Waals surface area contributed by atoms with E-state index in [1.807, 2.05) is 20.8 Å². The number of nitrogens with one attached hydrogen (secondary N) is 1. The zero-order chi connectivity index (χ0) is 15.0. The molecule has 1 amide bonds. The molecule has 0 radical (unpaired) electrons. The summed E-state index contributed by atoms with van der Waals surface area (Å²) in [7, 11) is 0. The number of pyridine rings is 1. The lowest BCUT2D eigenvalue weighted by Gasteiger charge is -2.36. The van der Waals surface area contributed by atoms with Crippen molar-refractivity contribution in [3.8, 4) is 0 Å². The summed E-state index contributed by atoms with van der Waals surface area (Å²) in [5.74, 6) is -0.222. The van der Waals surface area contributed by atoms with Gasteiger partial charge < -0.3 is 10.4 Å². The van der Waals surface area contributed by atoms with Gasteiger partial charge >= 0.3 is 0 Å². The molecule has 0 atom stereocenters. The highest BCUT2D eigenvalue weighted by atomic mass is 35.5. The van der Waals surface area contributed by atoms with E-state index in [-0.39, 0.29) is 17.9 Å². The van der Waals surface area contributed by atoms with Crippen molar-refractivity contribution in [3.05, 3.63) is 28.5 Å². The molecule has 0 aromatic carbocycles. The van der Waals surface area contributed by atoms with Crippen LogP contribution in [-0.2, 0) is 5.41 Å². The summed E-state index contributed by atoms with van der Waals surface area (Å²) in [4.78, 5) is 16.4. The maximum absolute atomic E-state index is 12.2. The molecule has 2 rings (SSSR count). The molecule has 5 heteroatoms. The van der Waals surface area contributed by atoms with Crippen LogP contribution in [-0.4, -0.2) is 28.1 Å². The second-order valence-corrected chi connectivity index (χ2v) is 6.96. The average molecular weight is 297 g/mol. The van der Waals surface area contributed by atoms with Gasteiger partial charge in [0.25, 0.3) is 5.91 Å².